The number of hydrogen-bond acceptors (Lipinski definition) is 2. The van der Waals surface area contributed by atoms with Gasteiger partial charge in [-0.2, -0.15) is 0 Å². The standard InChI is InChI=1S/C14H21FN2O/c1-4-5-10(2)16-14(18)11(3)17-13-8-6-12(15)7-9-13/h6-11,17H,4-5H2,1-3H3,(H,16,18). The van der Waals surface area contributed by atoms with Gasteiger partial charge in [0.15, 0.2) is 0 Å². The molecule has 0 saturated heterocycles. The second-order valence-corrected chi connectivity index (χ2v) is 4.57. The second-order valence-electron chi connectivity index (χ2n) is 4.57. The Morgan fingerprint density at radius 2 is 1.89 bits per heavy atom. The maximum atomic E-state index is 12.7. The topological polar surface area (TPSA) is 41.1 Å². The van der Waals surface area contributed by atoms with E-state index in [0.717, 1.165) is 18.5 Å². The Labute approximate surface area is 108 Å². The highest BCUT2D eigenvalue weighted by molar-refractivity contribution is 5.84. The number of carbonyl (C=O) groups excluding carboxylic acids is 1. The van der Waals surface area contributed by atoms with Gasteiger partial charge in [0.2, 0.25) is 5.91 Å². The van der Waals surface area contributed by atoms with Crippen molar-refractivity contribution in [3.8, 4) is 0 Å². The third kappa shape index (κ3) is 4.73. The van der Waals surface area contributed by atoms with Crippen molar-refractivity contribution in [3.63, 3.8) is 0 Å². The van der Waals surface area contributed by atoms with Gasteiger partial charge in [0, 0.05) is 11.7 Å². The predicted molar refractivity (Wildman–Crippen MR) is 72.0 cm³/mol. The molecular formula is C14H21FN2O. The number of hydrogen-bond donors (Lipinski definition) is 2. The van der Waals surface area contributed by atoms with Crippen molar-refractivity contribution in [2.45, 2.75) is 45.7 Å². The molecule has 0 spiro atoms. The first-order valence-electron chi connectivity index (χ1n) is 6.35. The molecule has 1 amide bonds. The van der Waals surface area contributed by atoms with E-state index in [2.05, 4.69) is 17.6 Å². The number of anilines is 1. The fraction of sp³-hybridized carbons (Fsp3) is 0.500. The van der Waals surface area contributed by atoms with E-state index in [1.807, 2.05) is 6.92 Å². The van der Waals surface area contributed by atoms with E-state index in [1.165, 1.54) is 12.1 Å². The van der Waals surface area contributed by atoms with E-state index in [0.29, 0.717) is 0 Å². The van der Waals surface area contributed by atoms with E-state index in [1.54, 1.807) is 19.1 Å². The molecule has 2 unspecified atom stereocenters. The summed E-state index contributed by atoms with van der Waals surface area (Å²) in [6.07, 6.45) is 2.01. The molecule has 0 aliphatic rings. The number of amides is 1. The van der Waals surface area contributed by atoms with Crippen LogP contribution in [0.5, 0.6) is 0 Å². The molecule has 0 aliphatic carbocycles. The number of halogens is 1. The Kier molecular flexibility index (Phi) is 5.62. The van der Waals surface area contributed by atoms with Gasteiger partial charge in [0.05, 0.1) is 0 Å². The van der Waals surface area contributed by atoms with Crippen LogP contribution in [0, 0.1) is 5.82 Å². The van der Waals surface area contributed by atoms with Gasteiger partial charge < -0.3 is 10.6 Å². The van der Waals surface area contributed by atoms with Crippen molar-refractivity contribution in [3.05, 3.63) is 30.1 Å². The highest BCUT2D eigenvalue weighted by atomic mass is 19.1. The van der Waals surface area contributed by atoms with Crippen LogP contribution >= 0.6 is 0 Å². The van der Waals surface area contributed by atoms with Crippen LogP contribution in [0.2, 0.25) is 0 Å². The lowest BCUT2D eigenvalue weighted by atomic mass is 10.2. The summed E-state index contributed by atoms with van der Waals surface area (Å²) in [5.74, 6) is -0.325. The van der Waals surface area contributed by atoms with E-state index in [4.69, 9.17) is 0 Å². The first-order chi connectivity index (χ1) is 8.52. The van der Waals surface area contributed by atoms with Crippen molar-refractivity contribution < 1.29 is 9.18 Å². The summed E-state index contributed by atoms with van der Waals surface area (Å²) in [4.78, 5) is 11.9. The summed E-state index contributed by atoms with van der Waals surface area (Å²) < 4.78 is 12.7. The molecule has 0 saturated carbocycles. The average molecular weight is 252 g/mol. The Morgan fingerprint density at radius 3 is 2.44 bits per heavy atom. The number of carbonyl (C=O) groups is 1. The van der Waals surface area contributed by atoms with E-state index < -0.39 is 0 Å². The third-order valence-electron chi connectivity index (χ3n) is 2.73. The molecule has 3 nitrogen and oxygen atoms in total. The quantitative estimate of drug-likeness (QED) is 0.817. The number of benzene rings is 1. The SMILES string of the molecule is CCCC(C)NC(=O)C(C)Nc1ccc(F)cc1. The lowest BCUT2D eigenvalue weighted by molar-refractivity contribution is -0.122. The fourth-order valence-electron chi connectivity index (χ4n) is 1.73. The summed E-state index contributed by atoms with van der Waals surface area (Å²) >= 11 is 0. The highest BCUT2D eigenvalue weighted by Crippen LogP contribution is 2.09. The molecule has 18 heavy (non-hydrogen) atoms. The maximum absolute atomic E-state index is 12.7. The normalized spacial score (nSPS) is 13.8. The Bertz CT molecular complexity index is 378. The van der Waals surface area contributed by atoms with Crippen molar-refractivity contribution in [1.29, 1.82) is 0 Å². The second kappa shape index (κ2) is 6.99. The smallest absolute Gasteiger partial charge is 0.242 e. The monoisotopic (exact) mass is 252 g/mol. The number of nitrogens with one attached hydrogen (secondary N) is 2. The summed E-state index contributed by atoms with van der Waals surface area (Å²) in [7, 11) is 0. The van der Waals surface area contributed by atoms with Crippen LogP contribution in [-0.2, 0) is 4.79 Å². The third-order valence-corrected chi connectivity index (χ3v) is 2.73. The zero-order valence-corrected chi connectivity index (χ0v) is 11.2. The van der Waals surface area contributed by atoms with Crippen LogP contribution in [0.3, 0.4) is 0 Å². The van der Waals surface area contributed by atoms with Gasteiger partial charge in [-0.15, -0.1) is 0 Å². The zero-order valence-electron chi connectivity index (χ0n) is 11.2. The van der Waals surface area contributed by atoms with Gasteiger partial charge in [-0.25, -0.2) is 4.39 Å². The van der Waals surface area contributed by atoms with Crippen LogP contribution in [0.25, 0.3) is 0 Å². The molecule has 1 aromatic carbocycles. The average Bonchev–Trinajstić information content (AvgIpc) is 2.32. The highest BCUT2D eigenvalue weighted by Gasteiger charge is 2.14. The van der Waals surface area contributed by atoms with Crippen LogP contribution < -0.4 is 10.6 Å². The summed E-state index contributed by atoms with van der Waals surface area (Å²) in [5.41, 5.74) is 0.738. The minimum Gasteiger partial charge on any atom is -0.374 e. The first-order valence-corrected chi connectivity index (χ1v) is 6.35. The fourth-order valence-corrected chi connectivity index (χ4v) is 1.73. The lowest BCUT2D eigenvalue weighted by Gasteiger charge is -2.18. The largest absolute Gasteiger partial charge is 0.374 e. The minimum absolute atomic E-state index is 0.0414. The summed E-state index contributed by atoms with van der Waals surface area (Å²) in [5, 5.41) is 5.97. The molecule has 2 atom stereocenters. The van der Waals surface area contributed by atoms with E-state index >= 15 is 0 Å². The Balaban J connectivity index is 2.46. The van der Waals surface area contributed by atoms with Crippen molar-refractivity contribution in [2.75, 3.05) is 5.32 Å². The van der Waals surface area contributed by atoms with E-state index in [9.17, 15) is 9.18 Å². The van der Waals surface area contributed by atoms with Gasteiger partial charge in [-0.3, -0.25) is 4.79 Å². The lowest BCUT2D eigenvalue weighted by Crippen LogP contribution is -2.42. The molecule has 0 aliphatic heterocycles. The molecule has 1 rings (SSSR count). The summed E-state index contributed by atoms with van der Waals surface area (Å²) in [6.45, 7) is 5.87. The van der Waals surface area contributed by atoms with Crippen LogP contribution in [0.4, 0.5) is 10.1 Å². The zero-order chi connectivity index (χ0) is 13.5. The van der Waals surface area contributed by atoms with Crippen molar-refractivity contribution in [2.24, 2.45) is 0 Å². The molecule has 0 heterocycles. The Morgan fingerprint density at radius 1 is 1.28 bits per heavy atom. The van der Waals surface area contributed by atoms with Crippen LogP contribution in [0.15, 0.2) is 24.3 Å². The molecule has 4 heteroatoms. The molecule has 2 N–H and O–H groups in total. The molecule has 0 radical (unpaired) electrons. The van der Waals surface area contributed by atoms with Gasteiger partial charge in [-0.1, -0.05) is 13.3 Å². The Hall–Kier alpha value is -1.58. The van der Waals surface area contributed by atoms with Crippen LogP contribution in [0.1, 0.15) is 33.6 Å². The van der Waals surface area contributed by atoms with Crippen molar-refractivity contribution >= 4 is 11.6 Å². The van der Waals surface area contributed by atoms with Gasteiger partial charge in [0.25, 0.3) is 0 Å². The summed E-state index contributed by atoms with van der Waals surface area (Å²) in [6, 6.07) is 5.82. The first kappa shape index (κ1) is 14.5. The predicted octanol–water partition coefficient (Wildman–Crippen LogP) is 2.93. The molecule has 100 valence electrons. The molecule has 1 aromatic rings. The molecule has 0 aromatic heterocycles. The maximum Gasteiger partial charge on any atom is 0.242 e. The molecular weight excluding hydrogens is 231 g/mol. The van der Waals surface area contributed by atoms with E-state index in [-0.39, 0.29) is 23.8 Å². The van der Waals surface area contributed by atoms with Gasteiger partial charge >= 0.3 is 0 Å². The molecule has 0 fully saturated rings. The van der Waals surface area contributed by atoms with Crippen LogP contribution in [-0.4, -0.2) is 18.0 Å². The number of rotatable bonds is 6. The minimum atomic E-state index is -0.338. The van der Waals surface area contributed by atoms with Gasteiger partial charge in [0.1, 0.15) is 11.9 Å². The van der Waals surface area contributed by atoms with Gasteiger partial charge in [-0.05, 0) is 44.5 Å². The molecule has 0 bridgehead atoms. The van der Waals surface area contributed by atoms with Crippen molar-refractivity contribution in [1.82, 2.24) is 5.32 Å².